The van der Waals surface area contributed by atoms with Gasteiger partial charge in [0.2, 0.25) is 0 Å². The number of carbonyl (C=O) groups excluding carboxylic acids is 1. The van der Waals surface area contributed by atoms with E-state index in [4.69, 9.17) is 21.1 Å². The van der Waals surface area contributed by atoms with E-state index >= 15 is 0 Å². The number of nitrogens with one attached hydrogen (secondary N) is 2. The summed E-state index contributed by atoms with van der Waals surface area (Å²) in [4.78, 5) is 13.7. The van der Waals surface area contributed by atoms with Gasteiger partial charge in [0.25, 0.3) is 5.91 Å². The molecule has 26 heavy (non-hydrogen) atoms. The van der Waals surface area contributed by atoms with Gasteiger partial charge in [-0.2, -0.15) is 0 Å². The van der Waals surface area contributed by atoms with Crippen LogP contribution in [0.1, 0.15) is 15.9 Å². The van der Waals surface area contributed by atoms with E-state index in [0.29, 0.717) is 23.7 Å². The van der Waals surface area contributed by atoms with Crippen molar-refractivity contribution in [3.05, 3.63) is 64.7 Å². The molecule has 0 unspecified atom stereocenters. The average Bonchev–Trinajstić information content (AvgIpc) is 2.69. The number of morpholine rings is 1. The normalized spacial score (nSPS) is 14.8. The molecule has 0 atom stereocenters. The quantitative estimate of drug-likeness (QED) is 0.772. The molecule has 5 nitrogen and oxygen atoms in total. The molecule has 1 fully saturated rings. The molecule has 138 valence electrons. The number of rotatable bonds is 7. The topological polar surface area (TPSA) is 52.0 Å². The molecule has 6 heteroatoms. The van der Waals surface area contributed by atoms with Gasteiger partial charge in [-0.25, -0.2) is 0 Å². The van der Waals surface area contributed by atoms with E-state index in [0.717, 1.165) is 44.2 Å². The minimum Gasteiger partial charge on any atom is -0.489 e. The van der Waals surface area contributed by atoms with Crippen molar-refractivity contribution in [3.63, 3.8) is 0 Å². The maximum atomic E-state index is 12.2. The summed E-state index contributed by atoms with van der Waals surface area (Å²) >= 11 is 5.86. The van der Waals surface area contributed by atoms with Crippen LogP contribution < -0.4 is 15.0 Å². The predicted octanol–water partition coefficient (Wildman–Crippen LogP) is 1.56. The van der Waals surface area contributed by atoms with Gasteiger partial charge in [0.15, 0.2) is 0 Å². The van der Waals surface area contributed by atoms with Gasteiger partial charge in [-0.1, -0.05) is 23.7 Å². The zero-order chi connectivity index (χ0) is 18.2. The van der Waals surface area contributed by atoms with E-state index in [9.17, 15) is 4.79 Å². The second-order valence-electron chi connectivity index (χ2n) is 6.31. The second kappa shape index (κ2) is 9.57. The van der Waals surface area contributed by atoms with Crippen molar-refractivity contribution >= 4 is 17.5 Å². The number of amides is 1. The first-order valence-corrected chi connectivity index (χ1v) is 9.25. The first-order chi connectivity index (χ1) is 12.7. The molecular weight excluding hydrogens is 352 g/mol. The number of carbonyl (C=O) groups is 1. The van der Waals surface area contributed by atoms with Crippen LogP contribution in [0.15, 0.2) is 48.5 Å². The van der Waals surface area contributed by atoms with Gasteiger partial charge in [0, 0.05) is 10.6 Å². The van der Waals surface area contributed by atoms with Crippen molar-refractivity contribution in [2.24, 2.45) is 0 Å². The van der Waals surface area contributed by atoms with Crippen LogP contribution in [0.2, 0.25) is 5.02 Å². The SMILES string of the molecule is O=C(NCC[NH+]1CCOCC1)c1ccc(COc2ccc(Cl)cc2)cc1. The Kier molecular flexibility index (Phi) is 6.89. The molecule has 1 aliphatic heterocycles. The summed E-state index contributed by atoms with van der Waals surface area (Å²) in [5.41, 5.74) is 1.67. The fourth-order valence-electron chi connectivity index (χ4n) is 2.81. The van der Waals surface area contributed by atoms with Crippen LogP contribution in [0.5, 0.6) is 5.75 Å². The zero-order valence-electron chi connectivity index (χ0n) is 14.7. The largest absolute Gasteiger partial charge is 0.489 e. The highest BCUT2D eigenvalue weighted by Crippen LogP contribution is 2.17. The lowest BCUT2D eigenvalue weighted by molar-refractivity contribution is -0.906. The van der Waals surface area contributed by atoms with Gasteiger partial charge in [-0.15, -0.1) is 0 Å². The smallest absolute Gasteiger partial charge is 0.251 e. The Balaban J connectivity index is 1.42. The molecule has 0 bridgehead atoms. The molecule has 0 spiro atoms. The van der Waals surface area contributed by atoms with Crippen molar-refractivity contribution in [1.29, 1.82) is 0 Å². The van der Waals surface area contributed by atoms with E-state index in [-0.39, 0.29) is 5.91 Å². The average molecular weight is 376 g/mol. The van der Waals surface area contributed by atoms with E-state index in [2.05, 4.69) is 5.32 Å². The van der Waals surface area contributed by atoms with Crippen LogP contribution in [0.4, 0.5) is 0 Å². The standard InChI is InChI=1S/C20H23ClN2O3/c21-18-5-7-19(8-6-18)26-15-16-1-3-17(4-2-16)20(24)22-9-10-23-11-13-25-14-12-23/h1-8H,9-15H2,(H,22,24)/p+1. The lowest BCUT2D eigenvalue weighted by Crippen LogP contribution is -3.14. The van der Waals surface area contributed by atoms with E-state index in [1.807, 2.05) is 36.4 Å². The Morgan fingerprint density at radius 3 is 2.46 bits per heavy atom. The number of ether oxygens (including phenoxy) is 2. The second-order valence-corrected chi connectivity index (χ2v) is 6.74. The Bertz CT molecular complexity index is 698. The molecule has 0 aromatic heterocycles. The number of quaternary nitrogens is 1. The monoisotopic (exact) mass is 375 g/mol. The molecule has 1 saturated heterocycles. The summed E-state index contributed by atoms with van der Waals surface area (Å²) in [5, 5.41) is 3.67. The molecule has 1 heterocycles. The molecule has 2 N–H and O–H groups in total. The third-order valence-corrected chi connectivity index (χ3v) is 4.65. The van der Waals surface area contributed by atoms with E-state index in [1.54, 1.807) is 12.1 Å². The lowest BCUT2D eigenvalue weighted by atomic mass is 10.1. The van der Waals surface area contributed by atoms with E-state index in [1.165, 1.54) is 4.90 Å². The molecule has 0 radical (unpaired) electrons. The van der Waals surface area contributed by atoms with Gasteiger partial charge < -0.3 is 19.7 Å². The third-order valence-electron chi connectivity index (χ3n) is 4.40. The van der Waals surface area contributed by atoms with Crippen LogP contribution in [-0.2, 0) is 11.3 Å². The van der Waals surface area contributed by atoms with Crippen LogP contribution in [0.3, 0.4) is 0 Å². The maximum absolute atomic E-state index is 12.2. The molecule has 0 aliphatic carbocycles. The predicted molar refractivity (Wildman–Crippen MR) is 101 cm³/mol. The summed E-state index contributed by atoms with van der Waals surface area (Å²) in [6, 6.07) is 14.7. The van der Waals surface area contributed by atoms with Gasteiger partial charge in [-0.3, -0.25) is 4.79 Å². The van der Waals surface area contributed by atoms with Crippen LogP contribution >= 0.6 is 11.6 Å². The van der Waals surface area contributed by atoms with Crippen molar-refractivity contribution in [3.8, 4) is 5.75 Å². The first-order valence-electron chi connectivity index (χ1n) is 8.87. The Morgan fingerprint density at radius 2 is 1.77 bits per heavy atom. The van der Waals surface area contributed by atoms with Crippen molar-refractivity contribution in [1.82, 2.24) is 5.32 Å². The van der Waals surface area contributed by atoms with Crippen LogP contribution in [-0.4, -0.2) is 45.3 Å². The maximum Gasteiger partial charge on any atom is 0.251 e. The molecular formula is C20H24ClN2O3+. The van der Waals surface area contributed by atoms with Crippen molar-refractivity contribution in [2.45, 2.75) is 6.61 Å². The Hall–Kier alpha value is -2.08. The highest BCUT2D eigenvalue weighted by atomic mass is 35.5. The minimum absolute atomic E-state index is 0.0390. The molecule has 0 saturated carbocycles. The number of hydrogen-bond acceptors (Lipinski definition) is 3. The molecule has 1 aliphatic rings. The summed E-state index contributed by atoms with van der Waals surface area (Å²) in [7, 11) is 0. The van der Waals surface area contributed by atoms with Gasteiger partial charge in [0.05, 0.1) is 26.3 Å². The van der Waals surface area contributed by atoms with Gasteiger partial charge in [0.1, 0.15) is 25.4 Å². The van der Waals surface area contributed by atoms with Gasteiger partial charge >= 0.3 is 0 Å². The fourth-order valence-corrected chi connectivity index (χ4v) is 2.94. The molecule has 2 aromatic rings. The van der Waals surface area contributed by atoms with Crippen molar-refractivity contribution in [2.75, 3.05) is 39.4 Å². The zero-order valence-corrected chi connectivity index (χ0v) is 15.4. The Labute approximate surface area is 158 Å². The number of hydrogen-bond donors (Lipinski definition) is 2. The summed E-state index contributed by atoms with van der Waals surface area (Å²) in [6.07, 6.45) is 0. The first kappa shape index (κ1) is 18.7. The Morgan fingerprint density at radius 1 is 1.08 bits per heavy atom. The highest BCUT2D eigenvalue weighted by molar-refractivity contribution is 6.30. The van der Waals surface area contributed by atoms with Crippen LogP contribution in [0.25, 0.3) is 0 Å². The molecule has 2 aromatic carbocycles. The number of benzene rings is 2. The minimum atomic E-state index is -0.0390. The summed E-state index contributed by atoms with van der Waals surface area (Å²) in [5.74, 6) is 0.727. The van der Waals surface area contributed by atoms with Gasteiger partial charge in [-0.05, 0) is 42.0 Å². The highest BCUT2D eigenvalue weighted by Gasteiger charge is 2.13. The number of halogens is 1. The molecule has 1 amide bonds. The summed E-state index contributed by atoms with van der Waals surface area (Å²) in [6.45, 7) is 5.70. The van der Waals surface area contributed by atoms with Crippen molar-refractivity contribution < 1.29 is 19.2 Å². The van der Waals surface area contributed by atoms with Crippen LogP contribution in [0, 0.1) is 0 Å². The lowest BCUT2D eigenvalue weighted by Gasteiger charge is -2.23. The third kappa shape index (κ3) is 5.73. The molecule has 3 rings (SSSR count). The summed E-state index contributed by atoms with van der Waals surface area (Å²) < 4.78 is 11.0. The fraction of sp³-hybridized carbons (Fsp3) is 0.350. The van der Waals surface area contributed by atoms with E-state index < -0.39 is 0 Å².